The predicted molar refractivity (Wildman–Crippen MR) is 126 cm³/mol. The average molecular weight is 451 g/mol. The minimum atomic E-state index is -0.367. The highest BCUT2D eigenvalue weighted by Crippen LogP contribution is 2.23. The van der Waals surface area contributed by atoms with Crippen LogP contribution in [0.2, 0.25) is 0 Å². The number of rotatable bonds is 8. The van der Waals surface area contributed by atoms with Gasteiger partial charge in [-0.15, -0.1) is 0 Å². The van der Waals surface area contributed by atoms with Crippen molar-refractivity contribution in [2.75, 3.05) is 13.6 Å². The number of benzene rings is 2. The van der Waals surface area contributed by atoms with Gasteiger partial charge in [0.2, 0.25) is 5.91 Å². The van der Waals surface area contributed by atoms with E-state index in [1.807, 2.05) is 40.8 Å². The molecular weight excluding hydrogens is 419 g/mol. The second-order valence-corrected chi connectivity index (χ2v) is 8.77. The molecule has 2 amide bonds. The first-order valence-corrected chi connectivity index (χ1v) is 11.8. The number of nitrogens with zero attached hydrogens (tertiary/aromatic N) is 3. The Kier molecular flexibility index (Phi) is 7.37. The second kappa shape index (κ2) is 10.6. The van der Waals surface area contributed by atoms with Gasteiger partial charge in [-0.1, -0.05) is 31.4 Å². The van der Waals surface area contributed by atoms with Crippen molar-refractivity contribution in [1.29, 1.82) is 0 Å². The number of aromatic nitrogens is 2. The van der Waals surface area contributed by atoms with Gasteiger partial charge in [-0.05, 0) is 55.7 Å². The highest BCUT2D eigenvalue weighted by molar-refractivity contribution is 5.94. The Morgan fingerprint density at radius 1 is 1.09 bits per heavy atom. The number of fused-ring (bicyclic) bond motifs is 1. The van der Waals surface area contributed by atoms with Gasteiger partial charge in [0, 0.05) is 31.6 Å². The summed E-state index contributed by atoms with van der Waals surface area (Å²) in [6.45, 7) is 0.736. The predicted octanol–water partition coefficient (Wildman–Crippen LogP) is 4.33. The standard InChI is InChI=1S/C26H31FN4O2/c1-30(21-8-3-2-4-9-21)25(32)18-31-23-11-6-5-10-22(23)29-24(31)12-7-17-28-26(33)19-13-15-20(27)16-14-19/h5-6,10-11,13-16,21H,2-4,7-9,12,17-18H2,1H3,(H,28,33). The van der Waals surface area contributed by atoms with E-state index in [1.54, 1.807) is 0 Å². The van der Waals surface area contributed by atoms with Gasteiger partial charge >= 0.3 is 0 Å². The number of para-hydroxylation sites is 2. The fraction of sp³-hybridized carbons (Fsp3) is 0.423. The Morgan fingerprint density at radius 2 is 1.82 bits per heavy atom. The van der Waals surface area contributed by atoms with Crippen molar-refractivity contribution >= 4 is 22.8 Å². The lowest BCUT2D eigenvalue weighted by Crippen LogP contribution is -2.40. The SMILES string of the molecule is CN(C(=O)Cn1c(CCCNC(=O)c2ccc(F)cc2)nc2ccccc21)C1CCCCC1. The normalized spacial score (nSPS) is 14.4. The monoisotopic (exact) mass is 450 g/mol. The van der Waals surface area contributed by atoms with Crippen molar-refractivity contribution in [2.24, 2.45) is 0 Å². The molecule has 1 heterocycles. The van der Waals surface area contributed by atoms with E-state index in [0.29, 0.717) is 31.0 Å². The lowest BCUT2D eigenvalue weighted by molar-refractivity contribution is -0.133. The lowest BCUT2D eigenvalue weighted by Gasteiger charge is -2.31. The Labute approximate surface area is 193 Å². The number of nitrogens with one attached hydrogen (secondary N) is 1. The first-order valence-electron chi connectivity index (χ1n) is 11.8. The van der Waals surface area contributed by atoms with E-state index in [2.05, 4.69) is 5.32 Å². The number of aryl methyl sites for hydroxylation is 1. The molecule has 174 valence electrons. The van der Waals surface area contributed by atoms with Gasteiger partial charge in [-0.25, -0.2) is 9.37 Å². The van der Waals surface area contributed by atoms with E-state index >= 15 is 0 Å². The third kappa shape index (κ3) is 5.59. The summed E-state index contributed by atoms with van der Waals surface area (Å²) in [5.74, 6) is 0.357. The Hall–Kier alpha value is -3.22. The fourth-order valence-electron chi connectivity index (χ4n) is 4.56. The minimum absolute atomic E-state index is 0.107. The van der Waals surface area contributed by atoms with Crippen LogP contribution in [0.4, 0.5) is 4.39 Å². The molecule has 33 heavy (non-hydrogen) atoms. The maximum atomic E-state index is 13.1. The molecule has 0 saturated heterocycles. The Morgan fingerprint density at radius 3 is 2.58 bits per heavy atom. The van der Waals surface area contributed by atoms with E-state index in [-0.39, 0.29) is 24.2 Å². The third-order valence-electron chi connectivity index (χ3n) is 6.51. The molecular formula is C26H31FN4O2. The van der Waals surface area contributed by atoms with E-state index in [0.717, 1.165) is 29.7 Å². The van der Waals surface area contributed by atoms with Gasteiger partial charge in [0.25, 0.3) is 5.91 Å². The van der Waals surface area contributed by atoms with Gasteiger partial charge in [-0.3, -0.25) is 9.59 Å². The second-order valence-electron chi connectivity index (χ2n) is 8.77. The molecule has 0 aliphatic heterocycles. The maximum Gasteiger partial charge on any atom is 0.251 e. The number of likely N-dealkylation sites (N-methyl/N-ethyl adjacent to an activating group) is 1. The molecule has 4 rings (SSSR count). The van der Waals surface area contributed by atoms with Gasteiger partial charge in [0.05, 0.1) is 11.0 Å². The smallest absolute Gasteiger partial charge is 0.251 e. The molecule has 0 bridgehead atoms. The van der Waals surface area contributed by atoms with Gasteiger partial charge in [0.15, 0.2) is 0 Å². The maximum absolute atomic E-state index is 13.1. The average Bonchev–Trinajstić information content (AvgIpc) is 3.19. The molecule has 0 spiro atoms. The summed E-state index contributed by atoms with van der Waals surface area (Å²) in [5.41, 5.74) is 2.25. The summed E-state index contributed by atoms with van der Waals surface area (Å²) < 4.78 is 15.1. The summed E-state index contributed by atoms with van der Waals surface area (Å²) in [6.07, 6.45) is 7.10. The van der Waals surface area contributed by atoms with Gasteiger partial charge < -0.3 is 14.8 Å². The van der Waals surface area contributed by atoms with Crippen molar-refractivity contribution < 1.29 is 14.0 Å². The van der Waals surface area contributed by atoms with Crippen LogP contribution < -0.4 is 5.32 Å². The first-order chi connectivity index (χ1) is 16.0. The van der Waals surface area contributed by atoms with Crippen LogP contribution in [0.5, 0.6) is 0 Å². The highest BCUT2D eigenvalue weighted by atomic mass is 19.1. The molecule has 1 saturated carbocycles. The van der Waals surface area contributed by atoms with Crippen LogP contribution in [0, 0.1) is 5.82 Å². The molecule has 6 nitrogen and oxygen atoms in total. The number of carbonyl (C=O) groups excluding carboxylic acids is 2. The Balaban J connectivity index is 1.40. The largest absolute Gasteiger partial charge is 0.352 e. The van der Waals surface area contributed by atoms with Crippen molar-refractivity contribution in [3.8, 4) is 0 Å². The lowest BCUT2D eigenvalue weighted by atomic mass is 9.94. The van der Waals surface area contributed by atoms with Crippen molar-refractivity contribution in [2.45, 2.75) is 57.5 Å². The van der Waals surface area contributed by atoms with Crippen LogP contribution in [-0.4, -0.2) is 45.9 Å². The molecule has 7 heteroatoms. The zero-order valence-corrected chi connectivity index (χ0v) is 19.1. The fourth-order valence-corrected chi connectivity index (χ4v) is 4.56. The summed E-state index contributed by atoms with van der Waals surface area (Å²) in [4.78, 5) is 32.0. The van der Waals surface area contributed by atoms with Gasteiger partial charge in [0.1, 0.15) is 18.2 Å². The van der Waals surface area contributed by atoms with Gasteiger partial charge in [-0.2, -0.15) is 0 Å². The summed E-state index contributed by atoms with van der Waals surface area (Å²) in [6, 6.07) is 13.7. The topological polar surface area (TPSA) is 67.2 Å². The number of hydrogen-bond donors (Lipinski definition) is 1. The molecule has 0 atom stereocenters. The zero-order chi connectivity index (χ0) is 23.2. The van der Waals surface area contributed by atoms with Crippen LogP contribution in [0.15, 0.2) is 48.5 Å². The molecule has 0 unspecified atom stereocenters. The quantitative estimate of drug-likeness (QED) is 0.520. The molecule has 1 aliphatic carbocycles. The van der Waals surface area contributed by atoms with Crippen molar-refractivity contribution in [3.05, 3.63) is 65.7 Å². The third-order valence-corrected chi connectivity index (χ3v) is 6.51. The summed E-state index contributed by atoms with van der Waals surface area (Å²) in [7, 11) is 1.92. The number of carbonyl (C=O) groups is 2. The molecule has 1 N–H and O–H groups in total. The molecule has 1 aromatic heterocycles. The molecule has 2 aromatic carbocycles. The van der Waals surface area contributed by atoms with E-state index in [1.165, 1.54) is 43.5 Å². The van der Waals surface area contributed by atoms with Crippen LogP contribution in [-0.2, 0) is 17.8 Å². The number of imidazole rings is 1. The minimum Gasteiger partial charge on any atom is -0.352 e. The van der Waals surface area contributed by atoms with Crippen LogP contribution in [0.3, 0.4) is 0 Å². The van der Waals surface area contributed by atoms with E-state index in [9.17, 15) is 14.0 Å². The molecule has 1 fully saturated rings. The van der Waals surface area contributed by atoms with Crippen molar-refractivity contribution in [3.63, 3.8) is 0 Å². The number of halogens is 1. The van der Waals surface area contributed by atoms with E-state index in [4.69, 9.17) is 4.98 Å². The highest BCUT2D eigenvalue weighted by Gasteiger charge is 2.23. The van der Waals surface area contributed by atoms with Crippen LogP contribution in [0.1, 0.15) is 54.7 Å². The summed E-state index contributed by atoms with van der Waals surface area (Å²) in [5, 5.41) is 2.87. The number of hydrogen-bond acceptors (Lipinski definition) is 3. The Bertz CT molecular complexity index is 1100. The zero-order valence-electron chi connectivity index (χ0n) is 19.1. The number of amides is 2. The van der Waals surface area contributed by atoms with E-state index < -0.39 is 0 Å². The molecule has 3 aromatic rings. The van der Waals surface area contributed by atoms with Crippen LogP contribution in [0.25, 0.3) is 11.0 Å². The van der Waals surface area contributed by atoms with Crippen LogP contribution >= 0.6 is 0 Å². The molecule has 0 radical (unpaired) electrons. The first kappa shape index (κ1) is 23.0. The van der Waals surface area contributed by atoms with Crippen molar-refractivity contribution in [1.82, 2.24) is 19.8 Å². The molecule has 1 aliphatic rings. The summed E-state index contributed by atoms with van der Waals surface area (Å²) >= 11 is 0.